The number of benzene rings is 1. The predicted octanol–water partition coefficient (Wildman–Crippen LogP) is 1.69. The molecule has 0 radical (unpaired) electrons. The van der Waals surface area contributed by atoms with Crippen LogP contribution in [0.4, 0.5) is 0 Å². The van der Waals surface area contributed by atoms with Crippen LogP contribution in [0.25, 0.3) is 0 Å². The summed E-state index contributed by atoms with van der Waals surface area (Å²) in [6.45, 7) is 3.92. The maximum absolute atomic E-state index is 13.3. The molecule has 170 valence electrons. The van der Waals surface area contributed by atoms with Gasteiger partial charge in [-0.15, -0.1) is 0 Å². The number of nitrogens with zero attached hydrogens (tertiary/aromatic N) is 1. The highest BCUT2D eigenvalue weighted by atomic mass is 16.5. The molecule has 31 heavy (non-hydrogen) atoms. The highest BCUT2D eigenvalue weighted by molar-refractivity contribution is 6.09. The lowest BCUT2D eigenvalue weighted by Crippen LogP contribution is -2.56. The molecule has 0 spiro atoms. The van der Waals surface area contributed by atoms with Gasteiger partial charge in [0.05, 0.1) is 40.3 Å². The molecule has 9 heteroatoms. The van der Waals surface area contributed by atoms with E-state index in [4.69, 9.17) is 18.9 Å². The van der Waals surface area contributed by atoms with E-state index in [0.717, 1.165) is 0 Å². The van der Waals surface area contributed by atoms with Gasteiger partial charge in [-0.2, -0.15) is 0 Å². The fraction of sp³-hybridized carbons (Fsp3) is 0.591. The maximum Gasteiger partial charge on any atom is 0.326 e. The van der Waals surface area contributed by atoms with Crippen molar-refractivity contribution < 1.29 is 33.3 Å². The fourth-order valence-electron chi connectivity index (χ4n) is 5.04. The number of fused-ring (bicyclic) bond motifs is 1. The molecule has 0 saturated carbocycles. The first kappa shape index (κ1) is 22.9. The molecule has 0 aromatic heterocycles. The maximum atomic E-state index is 13.3. The first-order valence-electron chi connectivity index (χ1n) is 10.4. The molecular formula is C22H30N2O7. The number of rotatable bonds is 8. The minimum absolute atomic E-state index is 0.246. The number of ether oxygens (including phenoxy) is 4. The van der Waals surface area contributed by atoms with E-state index < -0.39 is 29.4 Å². The fourth-order valence-corrected chi connectivity index (χ4v) is 5.04. The standard InChI is InChI=1S/C22H30N2O7/c1-7-9-22(21(27)31-6)16-15(19(25)24(8-2)20(16)26)17(23-22)12-10-13(28-3)18(30-5)14(11-12)29-4/h10-11,15-17,23H,7-9H2,1-6H3/t15-,16+,17-,22-/m0/s1. The predicted molar refractivity (Wildman–Crippen MR) is 111 cm³/mol. The number of hydrogen-bond donors (Lipinski definition) is 1. The third kappa shape index (κ3) is 3.31. The van der Waals surface area contributed by atoms with Gasteiger partial charge in [-0.25, -0.2) is 0 Å². The molecule has 1 N–H and O–H groups in total. The summed E-state index contributed by atoms with van der Waals surface area (Å²) in [7, 11) is 5.81. The van der Waals surface area contributed by atoms with Crippen molar-refractivity contribution in [3.63, 3.8) is 0 Å². The molecular weight excluding hydrogens is 404 g/mol. The van der Waals surface area contributed by atoms with Gasteiger partial charge < -0.3 is 18.9 Å². The van der Waals surface area contributed by atoms with Crippen molar-refractivity contribution in [2.75, 3.05) is 35.0 Å². The Morgan fingerprint density at radius 1 is 1.03 bits per heavy atom. The first-order valence-corrected chi connectivity index (χ1v) is 10.4. The smallest absolute Gasteiger partial charge is 0.326 e. The van der Waals surface area contributed by atoms with Crippen LogP contribution < -0.4 is 19.5 Å². The third-order valence-corrected chi connectivity index (χ3v) is 6.30. The number of carbonyl (C=O) groups excluding carboxylic acids is 3. The zero-order valence-electron chi connectivity index (χ0n) is 18.8. The number of esters is 1. The zero-order valence-corrected chi connectivity index (χ0v) is 18.8. The van der Waals surface area contributed by atoms with Gasteiger partial charge in [0.2, 0.25) is 17.6 Å². The van der Waals surface area contributed by atoms with E-state index in [2.05, 4.69) is 5.32 Å². The number of hydrogen-bond acceptors (Lipinski definition) is 8. The number of likely N-dealkylation sites (tertiary alicyclic amines) is 1. The van der Waals surface area contributed by atoms with Crippen molar-refractivity contribution >= 4 is 17.8 Å². The number of amides is 2. The zero-order chi connectivity index (χ0) is 22.9. The molecule has 1 aromatic rings. The van der Waals surface area contributed by atoms with Crippen LogP contribution in [-0.4, -0.2) is 63.2 Å². The Labute approximate surface area is 182 Å². The van der Waals surface area contributed by atoms with Crippen molar-refractivity contribution in [1.82, 2.24) is 10.2 Å². The van der Waals surface area contributed by atoms with Crippen molar-refractivity contribution in [3.05, 3.63) is 17.7 Å². The molecule has 0 unspecified atom stereocenters. The Hall–Kier alpha value is -2.81. The number of methoxy groups -OCH3 is 4. The van der Waals surface area contributed by atoms with E-state index in [9.17, 15) is 14.4 Å². The molecule has 2 aliphatic rings. The van der Waals surface area contributed by atoms with E-state index in [-0.39, 0.29) is 18.4 Å². The van der Waals surface area contributed by atoms with E-state index >= 15 is 0 Å². The monoisotopic (exact) mass is 434 g/mol. The number of carbonyl (C=O) groups is 3. The van der Waals surface area contributed by atoms with Gasteiger partial charge >= 0.3 is 5.97 Å². The van der Waals surface area contributed by atoms with Gasteiger partial charge in [-0.1, -0.05) is 13.3 Å². The quantitative estimate of drug-likeness (QED) is 0.487. The summed E-state index contributed by atoms with van der Waals surface area (Å²) < 4.78 is 21.4. The van der Waals surface area contributed by atoms with Crippen LogP contribution in [-0.2, 0) is 19.1 Å². The van der Waals surface area contributed by atoms with Crippen LogP contribution in [0, 0.1) is 11.8 Å². The van der Waals surface area contributed by atoms with Crippen molar-refractivity contribution in [2.45, 2.75) is 38.3 Å². The molecule has 1 aromatic carbocycles. The largest absolute Gasteiger partial charge is 0.493 e. The SMILES string of the molecule is CCC[C@]1(C(=O)OC)N[C@@H](c2cc(OC)c(OC)c(OC)c2)[C@H]2C(=O)N(CC)C(=O)[C@@H]21. The second-order valence-corrected chi connectivity index (χ2v) is 7.72. The second kappa shape index (κ2) is 8.74. The molecule has 2 fully saturated rings. The van der Waals surface area contributed by atoms with E-state index in [1.54, 1.807) is 19.1 Å². The Balaban J connectivity index is 2.21. The molecule has 2 aliphatic heterocycles. The van der Waals surface area contributed by atoms with E-state index in [1.165, 1.54) is 33.3 Å². The summed E-state index contributed by atoms with van der Waals surface area (Å²) in [6, 6.07) is 2.86. The molecule has 4 atom stereocenters. The Morgan fingerprint density at radius 3 is 2.10 bits per heavy atom. The van der Waals surface area contributed by atoms with Crippen LogP contribution in [0.5, 0.6) is 17.2 Å². The Bertz CT molecular complexity index is 862. The van der Waals surface area contributed by atoms with Gasteiger partial charge in [-0.05, 0) is 31.0 Å². The second-order valence-electron chi connectivity index (χ2n) is 7.72. The van der Waals surface area contributed by atoms with Crippen molar-refractivity contribution in [2.24, 2.45) is 11.8 Å². The lowest BCUT2D eigenvalue weighted by molar-refractivity contribution is -0.154. The van der Waals surface area contributed by atoms with E-state index in [0.29, 0.717) is 35.7 Å². The average Bonchev–Trinajstić information content (AvgIpc) is 3.26. The minimum Gasteiger partial charge on any atom is -0.493 e. The Morgan fingerprint density at radius 2 is 1.65 bits per heavy atom. The summed E-state index contributed by atoms with van der Waals surface area (Å²) in [5.74, 6) is -1.53. The summed E-state index contributed by atoms with van der Waals surface area (Å²) in [6.07, 6.45) is 0.985. The summed E-state index contributed by atoms with van der Waals surface area (Å²) in [5.41, 5.74) is -0.638. The average molecular weight is 434 g/mol. The highest BCUT2D eigenvalue weighted by Gasteiger charge is 2.68. The molecule has 9 nitrogen and oxygen atoms in total. The molecule has 0 aliphatic carbocycles. The van der Waals surface area contributed by atoms with Crippen molar-refractivity contribution in [3.8, 4) is 17.2 Å². The third-order valence-electron chi connectivity index (χ3n) is 6.30. The topological polar surface area (TPSA) is 103 Å². The molecule has 3 rings (SSSR count). The lowest BCUT2D eigenvalue weighted by atomic mass is 9.77. The normalized spacial score (nSPS) is 27.3. The van der Waals surface area contributed by atoms with Gasteiger partial charge in [0.1, 0.15) is 5.54 Å². The van der Waals surface area contributed by atoms with Crippen LogP contribution in [0.2, 0.25) is 0 Å². The molecule has 2 saturated heterocycles. The van der Waals surface area contributed by atoms with Gasteiger partial charge in [-0.3, -0.25) is 24.6 Å². The van der Waals surface area contributed by atoms with Crippen LogP contribution >= 0.6 is 0 Å². The first-order chi connectivity index (χ1) is 14.8. The van der Waals surface area contributed by atoms with Crippen LogP contribution in [0.3, 0.4) is 0 Å². The highest BCUT2D eigenvalue weighted by Crippen LogP contribution is 2.52. The van der Waals surface area contributed by atoms with Crippen LogP contribution in [0.15, 0.2) is 12.1 Å². The van der Waals surface area contributed by atoms with Crippen molar-refractivity contribution in [1.29, 1.82) is 0 Å². The van der Waals surface area contributed by atoms with Gasteiger partial charge in [0.15, 0.2) is 11.5 Å². The van der Waals surface area contributed by atoms with E-state index in [1.807, 2.05) is 6.92 Å². The number of imide groups is 1. The van der Waals surface area contributed by atoms with Gasteiger partial charge in [0, 0.05) is 12.6 Å². The molecule has 0 bridgehead atoms. The van der Waals surface area contributed by atoms with Crippen LogP contribution in [0.1, 0.15) is 38.3 Å². The lowest BCUT2D eigenvalue weighted by Gasteiger charge is -2.32. The number of nitrogens with one attached hydrogen (secondary N) is 1. The summed E-state index contributed by atoms with van der Waals surface area (Å²) in [4.78, 5) is 40.8. The molecule has 2 amide bonds. The van der Waals surface area contributed by atoms with Gasteiger partial charge in [0.25, 0.3) is 0 Å². The summed E-state index contributed by atoms with van der Waals surface area (Å²) in [5, 5.41) is 3.33. The summed E-state index contributed by atoms with van der Waals surface area (Å²) >= 11 is 0. The minimum atomic E-state index is -1.30. The molecule has 2 heterocycles. The Kier molecular flexibility index (Phi) is 6.45.